The molecular weight excluding hydrogens is 284 g/mol. The molecule has 2 unspecified atom stereocenters. The Kier molecular flexibility index (Phi) is 7.13. The molecule has 1 saturated carbocycles. The summed E-state index contributed by atoms with van der Waals surface area (Å²) in [6.45, 7) is 7.46. The van der Waals surface area contributed by atoms with Gasteiger partial charge in [0.15, 0.2) is 0 Å². The van der Waals surface area contributed by atoms with Crippen LogP contribution in [-0.2, 0) is 9.53 Å². The summed E-state index contributed by atoms with van der Waals surface area (Å²) in [6, 6.07) is -0.675. The Bertz CT molecular complexity index is 373. The van der Waals surface area contributed by atoms with Crippen molar-refractivity contribution in [1.29, 1.82) is 0 Å². The Morgan fingerprint density at radius 1 is 1.23 bits per heavy atom. The standard InChI is InChI=1S/C16H30N2O4/c1-11(14(19)20)18-13(12-8-6-5-7-9-12)10-17-15(21)22-16(2,3)4/h11-13,18H,5-10H2,1-4H3,(H,17,21)(H,19,20). The number of alkyl carbamates (subject to hydrolysis) is 1. The van der Waals surface area contributed by atoms with E-state index < -0.39 is 23.7 Å². The highest BCUT2D eigenvalue weighted by atomic mass is 16.6. The molecule has 0 saturated heterocycles. The summed E-state index contributed by atoms with van der Waals surface area (Å²) in [5.74, 6) is -0.483. The fourth-order valence-electron chi connectivity index (χ4n) is 2.80. The van der Waals surface area contributed by atoms with E-state index in [1.54, 1.807) is 6.92 Å². The fraction of sp³-hybridized carbons (Fsp3) is 0.875. The van der Waals surface area contributed by atoms with Crippen molar-refractivity contribution in [1.82, 2.24) is 10.6 Å². The van der Waals surface area contributed by atoms with E-state index in [4.69, 9.17) is 9.84 Å². The van der Waals surface area contributed by atoms with Gasteiger partial charge in [0.2, 0.25) is 0 Å². The lowest BCUT2D eigenvalue weighted by Crippen LogP contribution is -2.51. The predicted molar refractivity (Wildman–Crippen MR) is 84.8 cm³/mol. The SMILES string of the molecule is CC(NC(CNC(=O)OC(C)(C)C)C1CCCCC1)C(=O)O. The molecule has 1 aliphatic carbocycles. The number of amides is 1. The molecular formula is C16H30N2O4. The van der Waals surface area contributed by atoms with Crippen molar-refractivity contribution in [2.45, 2.75) is 77.5 Å². The normalized spacial score (nSPS) is 19.3. The van der Waals surface area contributed by atoms with Crippen LogP contribution in [0.5, 0.6) is 0 Å². The lowest BCUT2D eigenvalue weighted by Gasteiger charge is -2.32. The quantitative estimate of drug-likeness (QED) is 0.701. The lowest BCUT2D eigenvalue weighted by molar-refractivity contribution is -0.139. The molecule has 0 bridgehead atoms. The molecule has 3 N–H and O–H groups in total. The first-order valence-corrected chi connectivity index (χ1v) is 8.15. The molecule has 128 valence electrons. The summed E-state index contributed by atoms with van der Waals surface area (Å²) < 4.78 is 5.23. The first-order chi connectivity index (χ1) is 10.2. The van der Waals surface area contributed by atoms with Crippen LogP contribution in [0.3, 0.4) is 0 Å². The van der Waals surface area contributed by atoms with Gasteiger partial charge in [0.25, 0.3) is 0 Å². The lowest BCUT2D eigenvalue weighted by atomic mass is 9.83. The zero-order valence-electron chi connectivity index (χ0n) is 14.1. The minimum absolute atomic E-state index is 0.0427. The van der Waals surface area contributed by atoms with Gasteiger partial charge in [0.05, 0.1) is 0 Å². The van der Waals surface area contributed by atoms with Gasteiger partial charge < -0.3 is 15.2 Å². The van der Waals surface area contributed by atoms with Crippen molar-refractivity contribution in [3.05, 3.63) is 0 Å². The van der Waals surface area contributed by atoms with Crippen molar-refractivity contribution in [2.24, 2.45) is 5.92 Å². The van der Waals surface area contributed by atoms with Gasteiger partial charge in [0, 0.05) is 12.6 Å². The highest BCUT2D eigenvalue weighted by Gasteiger charge is 2.27. The average Bonchev–Trinajstić information content (AvgIpc) is 2.42. The summed E-state index contributed by atoms with van der Waals surface area (Å²) in [5, 5.41) is 15.0. The number of hydrogen-bond acceptors (Lipinski definition) is 4. The third kappa shape index (κ3) is 7.11. The Morgan fingerprint density at radius 3 is 2.32 bits per heavy atom. The molecule has 2 atom stereocenters. The number of carbonyl (C=O) groups is 2. The summed E-state index contributed by atoms with van der Waals surface area (Å²) in [5.41, 5.74) is -0.536. The van der Waals surface area contributed by atoms with E-state index >= 15 is 0 Å². The van der Waals surface area contributed by atoms with Crippen LogP contribution in [0.1, 0.15) is 59.8 Å². The van der Waals surface area contributed by atoms with Gasteiger partial charge in [0.1, 0.15) is 11.6 Å². The minimum Gasteiger partial charge on any atom is -0.480 e. The maximum Gasteiger partial charge on any atom is 0.407 e. The van der Waals surface area contributed by atoms with Gasteiger partial charge in [-0.15, -0.1) is 0 Å². The first kappa shape index (κ1) is 18.7. The second-order valence-corrected chi connectivity index (χ2v) is 7.11. The number of rotatable bonds is 6. The number of carbonyl (C=O) groups excluding carboxylic acids is 1. The van der Waals surface area contributed by atoms with Gasteiger partial charge in [-0.05, 0) is 46.5 Å². The van der Waals surface area contributed by atoms with E-state index in [2.05, 4.69) is 10.6 Å². The van der Waals surface area contributed by atoms with Gasteiger partial charge in [-0.2, -0.15) is 0 Å². The second-order valence-electron chi connectivity index (χ2n) is 7.11. The van der Waals surface area contributed by atoms with Crippen LogP contribution in [0.4, 0.5) is 4.79 Å². The molecule has 1 fully saturated rings. The van der Waals surface area contributed by atoms with Crippen LogP contribution in [0.25, 0.3) is 0 Å². The molecule has 6 heteroatoms. The van der Waals surface area contributed by atoms with Crippen LogP contribution in [0.15, 0.2) is 0 Å². The Morgan fingerprint density at radius 2 is 1.82 bits per heavy atom. The minimum atomic E-state index is -0.877. The van der Waals surface area contributed by atoms with Crippen LogP contribution >= 0.6 is 0 Å². The summed E-state index contributed by atoms with van der Waals surface area (Å²) in [4.78, 5) is 22.9. The zero-order chi connectivity index (χ0) is 16.8. The van der Waals surface area contributed by atoms with E-state index in [9.17, 15) is 9.59 Å². The highest BCUT2D eigenvalue weighted by molar-refractivity contribution is 5.73. The summed E-state index contributed by atoms with van der Waals surface area (Å²) in [7, 11) is 0. The molecule has 0 heterocycles. The molecule has 0 aromatic heterocycles. The third-order valence-corrected chi connectivity index (χ3v) is 3.92. The van der Waals surface area contributed by atoms with Crippen LogP contribution in [0.2, 0.25) is 0 Å². The number of ether oxygens (including phenoxy) is 1. The van der Waals surface area contributed by atoms with Crippen molar-refractivity contribution in [3.8, 4) is 0 Å². The van der Waals surface area contributed by atoms with Crippen LogP contribution in [0, 0.1) is 5.92 Å². The highest BCUT2D eigenvalue weighted by Crippen LogP contribution is 2.26. The van der Waals surface area contributed by atoms with Gasteiger partial charge in [-0.25, -0.2) is 4.79 Å². The van der Waals surface area contributed by atoms with Crippen molar-refractivity contribution < 1.29 is 19.4 Å². The molecule has 1 rings (SSSR count). The maximum absolute atomic E-state index is 11.8. The molecule has 1 aliphatic rings. The predicted octanol–water partition coefficient (Wildman–Crippen LogP) is 2.52. The zero-order valence-corrected chi connectivity index (χ0v) is 14.1. The molecule has 0 aliphatic heterocycles. The molecule has 6 nitrogen and oxygen atoms in total. The topological polar surface area (TPSA) is 87.7 Å². The van der Waals surface area contributed by atoms with E-state index in [0.29, 0.717) is 12.5 Å². The molecule has 0 aromatic rings. The summed E-state index contributed by atoms with van der Waals surface area (Å²) in [6.07, 6.45) is 5.24. The molecule has 0 radical (unpaired) electrons. The number of nitrogens with one attached hydrogen (secondary N) is 2. The van der Waals surface area contributed by atoms with E-state index in [-0.39, 0.29) is 6.04 Å². The maximum atomic E-state index is 11.8. The van der Waals surface area contributed by atoms with Gasteiger partial charge in [-0.1, -0.05) is 19.3 Å². The van der Waals surface area contributed by atoms with Crippen molar-refractivity contribution >= 4 is 12.1 Å². The van der Waals surface area contributed by atoms with E-state index in [1.165, 1.54) is 6.42 Å². The van der Waals surface area contributed by atoms with Crippen molar-refractivity contribution in [2.75, 3.05) is 6.54 Å². The average molecular weight is 314 g/mol. The fourth-order valence-corrected chi connectivity index (χ4v) is 2.80. The number of carboxylic acids is 1. The van der Waals surface area contributed by atoms with Crippen LogP contribution < -0.4 is 10.6 Å². The largest absolute Gasteiger partial charge is 0.480 e. The monoisotopic (exact) mass is 314 g/mol. The Balaban J connectivity index is 2.57. The third-order valence-electron chi connectivity index (χ3n) is 3.92. The van der Waals surface area contributed by atoms with Gasteiger partial charge >= 0.3 is 12.1 Å². The number of hydrogen-bond donors (Lipinski definition) is 3. The molecule has 0 spiro atoms. The smallest absolute Gasteiger partial charge is 0.407 e. The number of carboxylic acid groups (broad SMARTS) is 1. The Hall–Kier alpha value is -1.30. The second kappa shape index (κ2) is 8.36. The summed E-state index contributed by atoms with van der Waals surface area (Å²) >= 11 is 0. The molecule has 22 heavy (non-hydrogen) atoms. The molecule has 1 amide bonds. The van der Waals surface area contributed by atoms with Crippen LogP contribution in [-0.4, -0.2) is 41.4 Å². The van der Waals surface area contributed by atoms with E-state index in [1.807, 2.05) is 20.8 Å². The van der Waals surface area contributed by atoms with Gasteiger partial charge in [-0.3, -0.25) is 10.1 Å². The number of aliphatic carboxylic acids is 1. The van der Waals surface area contributed by atoms with Crippen molar-refractivity contribution in [3.63, 3.8) is 0 Å². The van der Waals surface area contributed by atoms with E-state index in [0.717, 1.165) is 25.7 Å². The first-order valence-electron chi connectivity index (χ1n) is 8.15. The Labute approximate surface area is 133 Å². The molecule has 0 aromatic carbocycles.